The van der Waals surface area contributed by atoms with Gasteiger partial charge in [-0.15, -0.1) is 0 Å². The summed E-state index contributed by atoms with van der Waals surface area (Å²) in [5.41, 5.74) is 0. The number of ether oxygens (including phenoxy) is 3. The predicted octanol–water partition coefficient (Wildman–Crippen LogP) is -0.302. The molecule has 2 rings (SSSR count). The van der Waals surface area contributed by atoms with Crippen LogP contribution < -0.4 is 0 Å². The lowest BCUT2D eigenvalue weighted by Crippen LogP contribution is -2.35. The first-order chi connectivity index (χ1) is 6.89. The largest absolute Gasteiger partial charge is 0.479 e. The van der Waals surface area contributed by atoms with E-state index in [-0.39, 0.29) is 6.10 Å². The van der Waals surface area contributed by atoms with Crippen LogP contribution in [0.5, 0.6) is 0 Å². The van der Waals surface area contributed by atoms with Gasteiger partial charge in [0.25, 0.3) is 0 Å². The van der Waals surface area contributed by atoms with E-state index in [1.165, 1.54) is 0 Å². The fraction of sp³-hybridized carbons (Fsp3) is 0.889. The predicted molar refractivity (Wildman–Crippen MR) is 47.0 cm³/mol. The van der Waals surface area contributed by atoms with Gasteiger partial charge < -0.3 is 24.4 Å². The van der Waals surface area contributed by atoms with Gasteiger partial charge >= 0.3 is 5.97 Å². The molecule has 86 valence electrons. The summed E-state index contributed by atoms with van der Waals surface area (Å²) < 4.78 is 16.1. The summed E-state index contributed by atoms with van der Waals surface area (Å²) >= 11 is 0. The lowest BCUT2D eigenvalue weighted by molar-refractivity contribution is -0.215. The van der Waals surface area contributed by atoms with Gasteiger partial charge in [0.2, 0.25) is 0 Å². The van der Waals surface area contributed by atoms with Crippen LogP contribution in [-0.2, 0) is 19.0 Å². The van der Waals surface area contributed by atoms with Gasteiger partial charge in [-0.2, -0.15) is 0 Å². The van der Waals surface area contributed by atoms with Crippen LogP contribution in [0.25, 0.3) is 0 Å². The normalized spacial score (nSPS) is 40.1. The number of rotatable bonds is 2. The van der Waals surface area contributed by atoms with Crippen LogP contribution >= 0.6 is 0 Å². The standard InChI is InChI=1S/C9H14O6/c1-9(2)14-5-3-4(6(10)7(11)12)13-8(5)15-9/h4-6,8,10H,3H2,1-2H3,(H,11,12)/t4-,5+,6?,8+/m0/s1. The first-order valence-corrected chi connectivity index (χ1v) is 4.81. The Kier molecular flexibility index (Phi) is 2.46. The van der Waals surface area contributed by atoms with E-state index in [9.17, 15) is 9.90 Å². The second-order valence-electron chi connectivity index (χ2n) is 4.24. The fourth-order valence-electron chi connectivity index (χ4n) is 1.90. The quantitative estimate of drug-likeness (QED) is 0.661. The molecule has 0 aliphatic carbocycles. The highest BCUT2D eigenvalue weighted by Gasteiger charge is 2.51. The molecule has 0 spiro atoms. The second kappa shape index (κ2) is 3.41. The van der Waals surface area contributed by atoms with Crippen LogP contribution in [0.3, 0.4) is 0 Å². The summed E-state index contributed by atoms with van der Waals surface area (Å²) in [7, 11) is 0. The Morgan fingerprint density at radius 1 is 1.47 bits per heavy atom. The van der Waals surface area contributed by atoms with E-state index in [1.54, 1.807) is 13.8 Å². The molecule has 0 aromatic heterocycles. The minimum Gasteiger partial charge on any atom is -0.479 e. The average Bonchev–Trinajstić information content (AvgIpc) is 2.55. The summed E-state index contributed by atoms with van der Waals surface area (Å²) in [5, 5.41) is 17.9. The van der Waals surface area contributed by atoms with Crippen molar-refractivity contribution in [3.05, 3.63) is 0 Å². The van der Waals surface area contributed by atoms with Gasteiger partial charge in [-0.05, 0) is 13.8 Å². The van der Waals surface area contributed by atoms with Gasteiger partial charge in [0.05, 0.1) is 0 Å². The lowest BCUT2D eigenvalue weighted by atomic mass is 10.1. The summed E-state index contributed by atoms with van der Waals surface area (Å²) in [6.45, 7) is 3.52. The average molecular weight is 218 g/mol. The van der Waals surface area contributed by atoms with Crippen molar-refractivity contribution in [1.82, 2.24) is 0 Å². The first-order valence-electron chi connectivity index (χ1n) is 4.81. The van der Waals surface area contributed by atoms with Crippen LogP contribution in [0, 0.1) is 0 Å². The van der Waals surface area contributed by atoms with Crippen molar-refractivity contribution >= 4 is 5.97 Å². The molecule has 2 fully saturated rings. The van der Waals surface area contributed by atoms with Crippen LogP contribution in [0.1, 0.15) is 20.3 Å². The molecular weight excluding hydrogens is 204 g/mol. The van der Waals surface area contributed by atoms with Crippen molar-refractivity contribution in [2.75, 3.05) is 0 Å². The molecular formula is C9H14O6. The maximum Gasteiger partial charge on any atom is 0.335 e. The third-order valence-corrected chi connectivity index (χ3v) is 2.52. The van der Waals surface area contributed by atoms with Crippen molar-refractivity contribution in [3.8, 4) is 0 Å². The highest BCUT2D eigenvalue weighted by molar-refractivity contribution is 5.72. The highest BCUT2D eigenvalue weighted by Crippen LogP contribution is 2.37. The zero-order chi connectivity index (χ0) is 11.2. The molecule has 2 aliphatic heterocycles. The molecule has 0 aromatic rings. The van der Waals surface area contributed by atoms with Crippen molar-refractivity contribution in [2.24, 2.45) is 0 Å². The first kappa shape index (κ1) is 10.8. The molecule has 2 aliphatic rings. The number of hydrogen-bond acceptors (Lipinski definition) is 5. The highest BCUT2D eigenvalue weighted by atomic mass is 16.8. The molecule has 2 heterocycles. The molecule has 4 atom stereocenters. The van der Waals surface area contributed by atoms with Crippen molar-refractivity contribution < 1.29 is 29.2 Å². The number of aliphatic hydroxyl groups excluding tert-OH is 1. The van der Waals surface area contributed by atoms with E-state index in [2.05, 4.69) is 0 Å². The molecule has 15 heavy (non-hydrogen) atoms. The van der Waals surface area contributed by atoms with E-state index in [0.29, 0.717) is 6.42 Å². The van der Waals surface area contributed by atoms with Crippen molar-refractivity contribution in [2.45, 2.75) is 50.7 Å². The zero-order valence-corrected chi connectivity index (χ0v) is 8.54. The molecule has 2 N–H and O–H groups in total. The van der Waals surface area contributed by atoms with E-state index in [0.717, 1.165) is 0 Å². The number of aliphatic carboxylic acids is 1. The maximum absolute atomic E-state index is 10.5. The molecule has 1 unspecified atom stereocenters. The topological polar surface area (TPSA) is 85.2 Å². The number of carboxylic acids is 1. The molecule has 2 saturated heterocycles. The van der Waals surface area contributed by atoms with Crippen LogP contribution in [-0.4, -0.2) is 46.6 Å². The Bertz CT molecular complexity index is 260. The van der Waals surface area contributed by atoms with E-state index in [1.807, 2.05) is 0 Å². The third kappa shape index (κ3) is 1.98. The van der Waals surface area contributed by atoms with Crippen LogP contribution in [0.2, 0.25) is 0 Å². The molecule has 0 radical (unpaired) electrons. The zero-order valence-electron chi connectivity index (χ0n) is 8.54. The summed E-state index contributed by atoms with van der Waals surface area (Å²) in [6, 6.07) is 0. The van der Waals surface area contributed by atoms with Gasteiger partial charge in [0, 0.05) is 6.42 Å². The van der Waals surface area contributed by atoms with E-state index >= 15 is 0 Å². The van der Waals surface area contributed by atoms with Gasteiger partial charge in [0.1, 0.15) is 12.2 Å². The SMILES string of the molecule is CC1(C)O[C@H]2O[C@H](C(O)C(=O)O)C[C@H]2O1. The maximum atomic E-state index is 10.5. The Labute approximate surface area is 86.7 Å². The van der Waals surface area contributed by atoms with Gasteiger partial charge in [0.15, 0.2) is 18.2 Å². The number of carboxylic acid groups (broad SMARTS) is 1. The molecule has 6 nitrogen and oxygen atoms in total. The van der Waals surface area contributed by atoms with Crippen molar-refractivity contribution in [3.63, 3.8) is 0 Å². The lowest BCUT2D eigenvalue weighted by Gasteiger charge is -2.21. The Hall–Kier alpha value is -0.690. The second-order valence-corrected chi connectivity index (χ2v) is 4.24. The summed E-state index contributed by atoms with van der Waals surface area (Å²) in [6.07, 6.45) is -2.81. The number of fused-ring (bicyclic) bond motifs is 1. The van der Waals surface area contributed by atoms with Crippen LogP contribution in [0.15, 0.2) is 0 Å². The third-order valence-electron chi connectivity index (χ3n) is 2.52. The van der Waals surface area contributed by atoms with E-state index < -0.39 is 30.3 Å². The molecule has 0 saturated carbocycles. The molecule has 0 bridgehead atoms. The number of carbonyl (C=O) groups is 1. The van der Waals surface area contributed by atoms with Gasteiger partial charge in [-0.3, -0.25) is 0 Å². The fourth-order valence-corrected chi connectivity index (χ4v) is 1.90. The van der Waals surface area contributed by atoms with Gasteiger partial charge in [-0.25, -0.2) is 4.79 Å². The Balaban J connectivity index is 1.97. The summed E-state index contributed by atoms with van der Waals surface area (Å²) in [5.74, 6) is -1.99. The minimum absolute atomic E-state index is 0.293. The summed E-state index contributed by atoms with van der Waals surface area (Å²) in [4.78, 5) is 10.5. The monoisotopic (exact) mass is 218 g/mol. The van der Waals surface area contributed by atoms with E-state index in [4.69, 9.17) is 19.3 Å². The molecule has 0 aromatic carbocycles. The van der Waals surface area contributed by atoms with Crippen LogP contribution in [0.4, 0.5) is 0 Å². The number of aliphatic hydroxyl groups is 1. The number of hydrogen-bond donors (Lipinski definition) is 2. The minimum atomic E-state index is -1.52. The molecule has 6 heteroatoms. The smallest absolute Gasteiger partial charge is 0.335 e. The Morgan fingerprint density at radius 2 is 2.13 bits per heavy atom. The Morgan fingerprint density at radius 3 is 2.67 bits per heavy atom. The van der Waals surface area contributed by atoms with Gasteiger partial charge in [-0.1, -0.05) is 0 Å². The molecule has 0 amide bonds. The van der Waals surface area contributed by atoms with Crippen molar-refractivity contribution in [1.29, 1.82) is 0 Å².